The summed E-state index contributed by atoms with van der Waals surface area (Å²) in [5.74, 6) is 6.60. The summed E-state index contributed by atoms with van der Waals surface area (Å²) in [5, 5.41) is 0. The molecule has 0 N–H and O–H groups in total. The minimum atomic E-state index is 1.09. The molecule has 6 bridgehead atoms. The third-order valence-corrected chi connectivity index (χ3v) is 8.32. The van der Waals surface area contributed by atoms with Crippen LogP contribution in [0.3, 0.4) is 0 Å². The molecule has 0 saturated heterocycles. The van der Waals surface area contributed by atoms with E-state index in [0.717, 1.165) is 35.5 Å². The second kappa shape index (κ2) is 7.92. The number of hydrogen-bond acceptors (Lipinski definition) is 0. The van der Waals surface area contributed by atoms with Gasteiger partial charge in [0.2, 0.25) is 0 Å². The lowest BCUT2D eigenvalue weighted by Crippen LogP contribution is -2.25. The van der Waals surface area contributed by atoms with E-state index in [0.29, 0.717) is 0 Å². The van der Waals surface area contributed by atoms with E-state index in [9.17, 15) is 0 Å². The third kappa shape index (κ3) is 4.55. The first kappa shape index (κ1) is 16.5. The molecule has 5 fully saturated rings. The van der Waals surface area contributed by atoms with Gasteiger partial charge in [-0.25, -0.2) is 0 Å². The Morgan fingerprint density at radius 3 is 0.957 bits per heavy atom. The molecule has 0 heterocycles. The average Bonchev–Trinajstić information content (AvgIpc) is 2.68. The van der Waals surface area contributed by atoms with Gasteiger partial charge in [-0.15, -0.1) is 0 Å². The summed E-state index contributed by atoms with van der Waals surface area (Å²) in [6, 6.07) is 0. The Balaban J connectivity index is 1.54. The average molecular weight is 317 g/mol. The maximum absolute atomic E-state index is 1.61. The van der Waals surface area contributed by atoms with Gasteiger partial charge in [-0.2, -0.15) is 0 Å². The smallest absolute Gasteiger partial charge is 0.0409 e. The minimum absolute atomic E-state index is 1.09. The highest BCUT2D eigenvalue weighted by Crippen LogP contribution is 2.45. The molecule has 5 aliphatic rings. The molecule has 132 valence electrons. The number of rotatable bonds is 0. The monoisotopic (exact) mass is 316 g/mol. The maximum atomic E-state index is 1.61. The van der Waals surface area contributed by atoms with Gasteiger partial charge in [0.15, 0.2) is 0 Å². The van der Waals surface area contributed by atoms with Crippen molar-refractivity contribution in [2.75, 3.05) is 0 Å². The van der Waals surface area contributed by atoms with Gasteiger partial charge in [-0.1, -0.05) is 83.5 Å². The van der Waals surface area contributed by atoms with Gasteiger partial charge in [-0.05, 0) is 61.2 Å². The Hall–Kier alpha value is 0. The Morgan fingerprint density at radius 2 is 0.565 bits per heavy atom. The zero-order chi connectivity index (χ0) is 15.5. The van der Waals surface area contributed by atoms with E-state index in [4.69, 9.17) is 0 Å². The van der Waals surface area contributed by atoms with Crippen LogP contribution >= 0.6 is 0 Å². The van der Waals surface area contributed by atoms with Crippen LogP contribution in [0.5, 0.6) is 0 Å². The molecule has 0 nitrogen and oxygen atoms in total. The molecule has 0 aromatic heterocycles. The topological polar surface area (TPSA) is 0 Å². The largest absolute Gasteiger partial charge is 0.0533 e. The molecule has 4 unspecified atom stereocenters. The van der Waals surface area contributed by atoms with Crippen molar-refractivity contribution in [2.24, 2.45) is 35.5 Å². The van der Waals surface area contributed by atoms with Gasteiger partial charge in [0.05, 0.1) is 0 Å². The van der Waals surface area contributed by atoms with Crippen molar-refractivity contribution in [3.63, 3.8) is 0 Å². The van der Waals surface area contributed by atoms with Gasteiger partial charge in [0.25, 0.3) is 0 Å². The van der Waals surface area contributed by atoms with Crippen LogP contribution < -0.4 is 0 Å². The lowest BCUT2D eigenvalue weighted by atomic mass is 9.68. The summed E-state index contributed by atoms with van der Waals surface area (Å²) >= 11 is 0. The quantitative estimate of drug-likeness (QED) is 0.437. The van der Waals surface area contributed by atoms with Gasteiger partial charge >= 0.3 is 0 Å². The number of fused-ring (bicyclic) bond motifs is 5. The summed E-state index contributed by atoms with van der Waals surface area (Å²) in [4.78, 5) is 0. The molecule has 0 amide bonds. The Labute approximate surface area is 145 Å². The van der Waals surface area contributed by atoms with E-state index in [1.54, 1.807) is 103 Å². The standard InChI is InChI=1S/C23H40/c1-2-4-18-6-7-19(5-3-1)15-23-13-12-22(14-18)16-20-8-10-21(17-23)11-9-20/h18-23H,1-17H2. The van der Waals surface area contributed by atoms with Crippen molar-refractivity contribution in [1.82, 2.24) is 0 Å². The van der Waals surface area contributed by atoms with Crippen LogP contribution in [-0.2, 0) is 0 Å². The molecule has 0 spiro atoms. The van der Waals surface area contributed by atoms with Gasteiger partial charge < -0.3 is 0 Å². The second-order valence-electron chi connectivity index (χ2n) is 10.1. The fourth-order valence-electron chi connectivity index (χ4n) is 7.00. The van der Waals surface area contributed by atoms with E-state index in [1.165, 1.54) is 6.42 Å². The van der Waals surface area contributed by atoms with E-state index in [1.807, 2.05) is 0 Å². The molecule has 0 aliphatic heterocycles. The molecule has 0 aromatic rings. The van der Waals surface area contributed by atoms with Crippen molar-refractivity contribution in [1.29, 1.82) is 0 Å². The summed E-state index contributed by atoms with van der Waals surface area (Å²) in [6.07, 6.45) is 26.9. The molecular formula is C23H40. The fraction of sp³-hybridized carbons (Fsp3) is 1.00. The zero-order valence-electron chi connectivity index (χ0n) is 15.5. The van der Waals surface area contributed by atoms with E-state index in [2.05, 4.69) is 0 Å². The van der Waals surface area contributed by atoms with Crippen LogP contribution in [-0.4, -0.2) is 0 Å². The highest BCUT2D eigenvalue weighted by molar-refractivity contribution is 4.83. The van der Waals surface area contributed by atoms with Crippen LogP contribution in [0.15, 0.2) is 0 Å². The lowest BCUT2D eigenvalue weighted by Gasteiger charge is -2.38. The Kier molecular flexibility index (Phi) is 5.67. The van der Waals surface area contributed by atoms with Crippen LogP contribution in [0.25, 0.3) is 0 Å². The molecule has 4 atom stereocenters. The molecule has 0 radical (unpaired) electrons. The first-order valence-corrected chi connectivity index (χ1v) is 11.3. The van der Waals surface area contributed by atoms with Crippen LogP contribution in [0.2, 0.25) is 0 Å². The molecule has 23 heavy (non-hydrogen) atoms. The Bertz CT molecular complexity index is 317. The summed E-state index contributed by atoms with van der Waals surface area (Å²) in [7, 11) is 0. The second-order valence-corrected chi connectivity index (χ2v) is 10.1. The van der Waals surface area contributed by atoms with Crippen molar-refractivity contribution in [2.45, 2.75) is 109 Å². The van der Waals surface area contributed by atoms with Crippen molar-refractivity contribution in [3.8, 4) is 0 Å². The minimum Gasteiger partial charge on any atom is -0.0533 e. The van der Waals surface area contributed by atoms with Gasteiger partial charge in [0.1, 0.15) is 0 Å². The fourth-order valence-corrected chi connectivity index (χ4v) is 7.00. The van der Waals surface area contributed by atoms with Crippen molar-refractivity contribution < 1.29 is 0 Å². The SMILES string of the molecule is C1CCC2CCC(CC1)CC1CCC(C2)CC2CCC(CC2)C1. The highest BCUT2D eigenvalue weighted by Gasteiger charge is 2.31. The molecule has 0 aromatic carbocycles. The first-order chi connectivity index (χ1) is 11.3. The van der Waals surface area contributed by atoms with Crippen LogP contribution in [0, 0.1) is 35.5 Å². The molecule has 5 saturated carbocycles. The van der Waals surface area contributed by atoms with Crippen molar-refractivity contribution in [3.05, 3.63) is 0 Å². The van der Waals surface area contributed by atoms with E-state index in [-0.39, 0.29) is 0 Å². The third-order valence-electron chi connectivity index (χ3n) is 8.32. The van der Waals surface area contributed by atoms with E-state index >= 15 is 0 Å². The molecular weight excluding hydrogens is 276 g/mol. The van der Waals surface area contributed by atoms with Gasteiger partial charge in [0, 0.05) is 0 Å². The molecule has 5 rings (SSSR count). The molecule has 0 heteroatoms. The summed E-state index contributed by atoms with van der Waals surface area (Å²) < 4.78 is 0. The zero-order valence-corrected chi connectivity index (χ0v) is 15.5. The van der Waals surface area contributed by atoms with E-state index < -0.39 is 0 Å². The first-order valence-electron chi connectivity index (χ1n) is 11.3. The molecule has 5 aliphatic carbocycles. The number of hydrogen-bond donors (Lipinski definition) is 0. The highest BCUT2D eigenvalue weighted by atomic mass is 14.4. The Morgan fingerprint density at radius 1 is 0.261 bits per heavy atom. The van der Waals surface area contributed by atoms with Gasteiger partial charge in [-0.3, -0.25) is 0 Å². The maximum Gasteiger partial charge on any atom is -0.0409 e. The van der Waals surface area contributed by atoms with Crippen molar-refractivity contribution >= 4 is 0 Å². The predicted molar refractivity (Wildman–Crippen MR) is 99.4 cm³/mol. The predicted octanol–water partition coefficient (Wildman–Crippen LogP) is 7.37. The van der Waals surface area contributed by atoms with Crippen LogP contribution in [0.4, 0.5) is 0 Å². The lowest BCUT2D eigenvalue weighted by molar-refractivity contribution is 0.138. The normalized spacial score (nSPS) is 45.9. The summed E-state index contributed by atoms with van der Waals surface area (Å²) in [5.41, 5.74) is 0. The van der Waals surface area contributed by atoms with Crippen LogP contribution in [0.1, 0.15) is 109 Å². The summed E-state index contributed by atoms with van der Waals surface area (Å²) in [6.45, 7) is 0.